The number of aliphatic imine (C=N–C) groups is 1. The van der Waals surface area contributed by atoms with Gasteiger partial charge in [0.05, 0.1) is 12.6 Å². The fourth-order valence-electron chi connectivity index (χ4n) is 11.3. The average Bonchev–Trinajstić information content (AvgIpc) is 2.01. The number of likely N-dealkylation sites (tertiary alicyclic amines) is 2. The molecule has 11 atom stereocenters. The van der Waals surface area contributed by atoms with Crippen molar-refractivity contribution in [3.8, 4) is 0 Å². The molecule has 2 aromatic carbocycles. The Hall–Kier alpha value is -8.91. The van der Waals surface area contributed by atoms with Gasteiger partial charge < -0.3 is 92.5 Å². The van der Waals surface area contributed by atoms with Gasteiger partial charge in [-0.25, -0.2) is 0 Å². The standard InChI is InChI=1S/C64H100N18O13S/c1-37(2)34-46(57(89)75-42(54(69)86)28-33-96-4)74-52(85)36-73-61(93)53(38(3)40-18-9-6-10-19-40)80-58(90)47(35-39-16-7-5-8-17-39)79-56(88)43(24-26-50(67)83)76-55(87)44(25-27-51(68)84)77-59(91)49-23-15-32-82(49)63(95)45(21-11-12-29-65)78-60(92)48-22-14-31-81(48)62(94)41(66)20-13-30-72-64(70)71/h5-10,16-19,37-38,41-49,53H,11-15,20-36,65-66H2,1-4H3,(H2,67,83)(H2,68,84)(H2,69,86)(H,73,93)(H,74,85)(H,75,89)(H,76,87)(H,77,91)(H,78,92)(H,79,88)(H,80,90)(H4,70,71,72)/t38-,41+,42+,43+,44+,45+,46+,47+,48+,49+,53+/m1/s1. The third-order valence-electron chi connectivity index (χ3n) is 16.5. The molecule has 0 bridgehead atoms. The molecule has 0 aliphatic carbocycles. The molecule has 4 rings (SSSR count). The van der Waals surface area contributed by atoms with Gasteiger partial charge in [0.15, 0.2) is 5.96 Å². The van der Waals surface area contributed by atoms with Gasteiger partial charge in [-0.15, -0.1) is 0 Å². The number of hydrogen-bond acceptors (Lipinski definition) is 17. The molecule has 2 aliphatic rings. The number of carbonyl (C=O) groups excluding carboxylic acids is 13. The van der Waals surface area contributed by atoms with E-state index in [1.54, 1.807) is 67.6 Å². The number of nitrogens with one attached hydrogen (secondary N) is 8. The van der Waals surface area contributed by atoms with E-state index in [1.807, 2.05) is 20.1 Å². The topological polar surface area (TPSA) is 519 Å². The minimum absolute atomic E-state index is 0.0725. The van der Waals surface area contributed by atoms with Gasteiger partial charge in [-0.3, -0.25) is 67.3 Å². The number of unbranched alkanes of at least 4 members (excludes halogenated alkanes) is 1. The van der Waals surface area contributed by atoms with Crippen molar-refractivity contribution in [2.45, 2.75) is 190 Å². The summed E-state index contributed by atoms with van der Waals surface area (Å²) in [6, 6.07) is 4.52. The number of amides is 13. The maximum absolute atomic E-state index is 14.8. The van der Waals surface area contributed by atoms with Gasteiger partial charge in [-0.1, -0.05) is 81.4 Å². The minimum atomic E-state index is -1.65. The average molecular weight is 1360 g/mol. The van der Waals surface area contributed by atoms with Crippen LogP contribution >= 0.6 is 11.8 Å². The SMILES string of the molecule is CSCC[C@H](NC(=O)[C@H](CC(C)C)NC(=O)CNC(=O)[C@@H](NC(=O)[C@H](Cc1ccccc1)NC(=O)[C@H](CCC(N)=O)NC(=O)[C@H](CCC(N)=O)NC(=O)[C@@H]1CCCN1C(=O)[C@H](CCCCN)NC(=O)[C@@H]1CCCN1C(=O)[C@@H](N)CCCN=C(N)N)[C@H](C)c1ccccc1)C(N)=O. The first-order chi connectivity index (χ1) is 45.6. The molecule has 2 heterocycles. The van der Waals surface area contributed by atoms with E-state index in [1.165, 1.54) is 21.6 Å². The molecule has 22 N–H and O–H groups in total. The Morgan fingerprint density at radius 1 is 0.562 bits per heavy atom. The van der Waals surface area contributed by atoms with Gasteiger partial charge in [-0.05, 0) is 119 Å². The third kappa shape index (κ3) is 26.7. The molecule has 0 spiro atoms. The quantitative estimate of drug-likeness (QED) is 0.0177. The van der Waals surface area contributed by atoms with Crippen molar-refractivity contribution in [2.75, 3.05) is 44.7 Å². The van der Waals surface area contributed by atoms with E-state index in [9.17, 15) is 62.3 Å². The second-order valence-corrected chi connectivity index (χ2v) is 25.5. The maximum Gasteiger partial charge on any atom is 0.245 e. The summed E-state index contributed by atoms with van der Waals surface area (Å²) in [5.41, 5.74) is 40.7. The van der Waals surface area contributed by atoms with E-state index < -0.39 is 175 Å². The number of hydrogen-bond donors (Lipinski definition) is 15. The molecular formula is C64H100N18O13S. The third-order valence-corrected chi connectivity index (χ3v) is 17.2. The number of nitrogens with two attached hydrogens (primary N) is 7. The van der Waals surface area contributed by atoms with Gasteiger partial charge in [0, 0.05) is 44.8 Å². The lowest BCUT2D eigenvalue weighted by atomic mass is 9.92. The number of guanidine groups is 1. The summed E-state index contributed by atoms with van der Waals surface area (Å²) >= 11 is 1.45. The minimum Gasteiger partial charge on any atom is -0.370 e. The molecule has 2 saturated heterocycles. The lowest BCUT2D eigenvalue weighted by molar-refractivity contribution is -0.144. The van der Waals surface area contributed by atoms with Crippen LogP contribution in [0.2, 0.25) is 0 Å². The van der Waals surface area contributed by atoms with Crippen molar-refractivity contribution in [1.29, 1.82) is 0 Å². The summed E-state index contributed by atoms with van der Waals surface area (Å²) in [4.78, 5) is 186. The van der Waals surface area contributed by atoms with Crippen LogP contribution in [0.1, 0.15) is 134 Å². The van der Waals surface area contributed by atoms with Crippen LogP contribution in [-0.2, 0) is 68.7 Å². The summed E-state index contributed by atoms with van der Waals surface area (Å²) in [7, 11) is 0. The second-order valence-electron chi connectivity index (χ2n) is 24.6. The Morgan fingerprint density at radius 2 is 1.08 bits per heavy atom. The van der Waals surface area contributed by atoms with E-state index in [2.05, 4.69) is 47.5 Å². The predicted octanol–water partition coefficient (Wildman–Crippen LogP) is -3.15. The highest BCUT2D eigenvalue weighted by atomic mass is 32.2. The molecule has 2 aromatic rings. The Kier molecular flexibility index (Phi) is 34.1. The van der Waals surface area contributed by atoms with Gasteiger partial charge in [-0.2, -0.15) is 11.8 Å². The van der Waals surface area contributed by atoms with Crippen LogP contribution in [0.15, 0.2) is 65.7 Å². The molecule has 0 unspecified atom stereocenters. The second kappa shape index (κ2) is 41.1. The van der Waals surface area contributed by atoms with Crippen LogP contribution < -0.4 is 82.7 Å². The first-order valence-corrected chi connectivity index (χ1v) is 34.0. The zero-order valence-electron chi connectivity index (χ0n) is 55.4. The number of primary amides is 3. The Morgan fingerprint density at radius 3 is 1.62 bits per heavy atom. The van der Waals surface area contributed by atoms with Crippen molar-refractivity contribution >= 4 is 94.5 Å². The maximum atomic E-state index is 14.8. The summed E-state index contributed by atoms with van der Waals surface area (Å²) in [6.07, 6.45) is 3.21. The van der Waals surface area contributed by atoms with Gasteiger partial charge in [0.25, 0.3) is 0 Å². The molecule has 0 aromatic heterocycles. The van der Waals surface area contributed by atoms with Crippen LogP contribution in [0.25, 0.3) is 0 Å². The number of carbonyl (C=O) groups is 13. The fourth-order valence-corrected chi connectivity index (χ4v) is 11.8. The van der Waals surface area contributed by atoms with E-state index in [0.29, 0.717) is 55.4 Å². The predicted molar refractivity (Wildman–Crippen MR) is 360 cm³/mol. The highest BCUT2D eigenvalue weighted by Gasteiger charge is 2.43. The van der Waals surface area contributed by atoms with Crippen molar-refractivity contribution in [2.24, 2.45) is 51.0 Å². The molecule has 32 heteroatoms. The van der Waals surface area contributed by atoms with E-state index in [4.69, 9.17) is 40.1 Å². The lowest BCUT2D eigenvalue weighted by Gasteiger charge is -2.32. The highest BCUT2D eigenvalue weighted by Crippen LogP contribution is 2.24. The highest BCUT2D eigenvalue weighted by molar-refractivity contribution is 7.98. The van der Waals surface area contributed by atoms with E-state index >= 15 is 0 Å². The van der Waals surface area contributed by atoms with Crippen molar-refractivity contribution < 1.29 is 62.3 Å². The largest absolute Gasteiger partial charge is 0.370 e. The number of nitrogens with zero attached hydrogens (tertiary/aromatic N) is 3. The van der Waals surface area contributed by atoms with E-state index in [-0.39, 0.29) is 76.6 Å². The van der Waals surface area contributed by atoms with Crippen LogP contribution in [0.3, 0.4) is 0 Å². The molecule has 0 radical (unpaired) electrons. The molecule has 530 valence electrons. The lowest BCUT2D eigenvalue weighted by Crippen LogP contribution is -2.60. The first-order valence-electron chi connectivity index (χ1n) is 32.6. The molecule has 96 heavy (non-hydrogen) atoms. The van der Waals surface area contributed by atoms with Gasteiger partial charge in [0.1, 0.15) is 54.4 Å². The van der Waals surface area contributed by atoms with Crippen molar-refractivity contribution in [1.82, 2.24) is 52.3 Å². The van der Waals surface area contributed by atoms with Crippen molar-refractivity contribution in [3.63, 3.8) is 0 Å². The summed E-state index contributed by atoms with van der Waals surface area (Å²) in [5.74, 6) is -10.6. The summed E-state index contributed by atoms with van der Waals surface area (Å²) in [6.45, 7) is 5.51. The van der Waals surface area contributed by atoms with Gasteiger partial charge >= 0.3 is 0 Å². The normalized spacial score (nSPS) is 17.1. The molecule has 31 nitrogen and oxygen atoms in total. The zero-order valence-corrected chi connectivity index (χ0v) is 56.2. The summed E-state index contributed by atoms with van der Waals surface area (Å²) in [5, 5.41) is 21.2. The van der Waals surface area contributed by atoms with Crippen LogP contribution in [-0.4, -0.2) is 198 Å². The zero-order chi connectivity index (χ0) is 71.0. The van der Waals surface area contributed by atoms with E-state index in [0.717, 1.165) is 0 Å². The Bertz CT molecular complexity index is 3000. The Labute approximate surface area is 564 Å². The molecule has 2 fully saturated rings. The monoisotopic (exact) mass is 1360 g/mol. The number of benzene rings is 2. The van der Waals surface area contributed by atoms with Crippen LogP contribution in [0, 0.1) is 5.92 Å². The fraction of sp³-hybridized carbons (Fsp3) is 0.594. The first kappa shape index (κ1) is 79.5. The summed E-state index contributed by atoms with van der Waals surface area (Å²) < 4.78 is 0. The molecule has 2 aliphatic heterocycles. The Balaban J connectivity index is 1.58. The number of thioether (sulfide) groups is 1. The number of rotatable bonds is 42. The van der Waals surface area contributed by atoms with Crippen LogP contribution in [0.5, 0.6) is 0 Å². The van der Waals surface area contributed by atoms with Crippen molar-refractivity contribution in [3.05, 3.63) is 71.8 Å². The van der Waals surface area contributed by atoms with Crippen LogP contribution in [0.4, 0.5) is 0 Å². The molecule has 0 saturated carbocycles. The smallest absolute Gasteiger partial charge is 0.245 e. The molecular weight excluding hydrogens is 1260 g/mol. The molecule has 13 amide bonds. The van der Waals surface area contributed by atoms with Gasteiger partial charge in [0.2, 0.25) is 76.8 Å².